The Labute approximate surface area is 153 Å². The van der Waals surface area contributed by atoms with Crippen molar-refractivity contribution in [3.8, 4) is 0 Å². The predicted octanol–water partition coefficient (Wildman–Crippen LogP) is 4.57. The summed E-state index contributed by atoms with van der Waals surface area (Å²) in [6, 6.07) is 16.2. The molecule has 130 valence electrons. The van der Waals surface area contributed by atoms with E-state index in [0.29, 0.717) is 0 Å². The molecule has 0 bridgehead atoms. The van der Waals surface area contributed by atoms with Crippen LogP contribution in [0.1, 0.15) is 42.0 Å². The van der Waals surface area contributed by atoms with E-state index in [4.69, 9.17) is 4.99 Å². The Morgan fingerprint density at radius 2 is 1.48 bits per heavy atom. The smallest absolute Gasteiger partial charge is 0.263 e. The van der Waals surface area contributed by atoms with E-state index in [1.807, 2.05) is 62.4 Å². The van der Waals surface area contributed by atoms with Crippen molar-refractivity contribution in [1.82, 2.24) is 5.32 Å². The maximum absolute atomic E-state index is 13.1. The summed E-state index contributed by atoms with van der Waals surface area (Å²) in [5.41, 5.74) is 3.16. The minimum absolute atomic E-state index is 0.0702. The topological polar surface area (TPSA) is 41.5 Å². The Kier molecular flexibility index (Phi) is 5.28. The van der Waals surface area contributed by atoms with Crippen molar-refractivity contribution in [1.29, 1.82) is 0 Å². The summed E-state index contributed by atoms with van der Waals surface area (Å²) in [6.07, 6.45) is 2.25. The highest BCUT2D eigenvalue weighted by atomic mass is 32.2. The van der Waals surface area contributed by atoms with Gasteiger partial charge in [0.1, 0.15) is 0 Å². The number of hydrogen-bond acceptors (Lipinski definition) is 3. The number of nitrogens with one attached hydrogen (secondary N) is 1. The van der Waals surface area contributed by atoms with Crippen LogP contribution in [0.2, 0.25) is 0 Å². The van der Waals surface area contributed by atoms with Crippen LogP contribution in [0.3, 0.4) is 0 Å². The number of aliphatic imine (C=N–C) groups is 1. The molecule has 25 heavy (non-hydrogen) atoms. The second kappa shape index (κ2) is 7.44. The van der Waals surface area contributed by atoms with Crippen LogP contribution in [0.5, 0.6) is 0 Å². The largest absolute Gasteiger partial charge is 0.303 e. The van der Waals surface area contributed by atoms with Gasteiger partial charge in [-0.3, -0.25) is 4.79 Å². The average molecular weight is 353 g/mol. The first-order valence-electron chi connectivity index (χ1n) is 8.74. The van der Waals surface area contributed by atoms with Crippen LogP contribution < -0.4 is 5.32 Å². The van der Waals surface area contributed by atoms with Gasteiger partial charge in [-0.15, -0.1) is 0 Å². The molecule has 0 radical (unpaired) electrons. The first kappa shape index (κ1) is 17.7. The van der Waals surface area contributed by atoms with Gasteiger partial charge in [-0.1, -0.05) is 84.8 Å². The van der Waals surface area contributed by atoms with Crippen molar-refractivity contribution in [2.24, 2.45) is 4.99 Å². The van der Waals surface area contributed by atoms with Crippen LogP contribution in [0.4, 0.5) is 0 Å². The molecule has 0 saturated carbocycles. The molecule has 0 saturated heterocycles. The number of nitrogens with zero attached hydrogens (tertiary/aromatic N) is 1. The lowest BCUT2D eigenvalue weighted by molar-refractivity contribution is -0.122. The zero-order valence-corrected chi connectivity index (χ0v) is 15.8. The summed E-state index contributed by atoms with van der Waals surface area (Å²) in [5.74, 6) is 0.896. The Morgan fingerprint density at radius 3 is 1.96 bits per heavy atom. The molecule has 0 aliphatic carbocycles. The number of amides is 1. The Morgan fingerprint density at radius 1 is 0.960 bits per heavy atom. The molecule has 1 aliphatic rings. The fourth-order valence-corrected chi connectivity index (χ4v) is 3.94. The van der Waals surface area contributed by atoms with E-state index in [-0.39, 0.29) is 5.91 Å². The zero-order chi connectivity index (χ0) is 17.9. The molecule has 4 heteroatoms. The number of amidine groups is 1. The lowest BCUT2D eigenvalue weighted by atomic mass is 9.82. The van der Waals surface area contributed by atoms with Crippen LogP contribution in [-0.2, 0) is 10.3 Å². The molecule has 1 amide bonds. The predicted molar refractivity (Wildman–Crippen MR) is 106 cm³/mol. The molecule has 1 aliphatic heterocycles. The Hall–Kier alpha value is -2.07. The summed E-state index contributed by atoms with van der Waals surface area (Å²) in [7, 11) is 0. The molecule has 0 aromatic heterocycles. The van der Waals surface area contributed by atoms with Crippen molar-refractivity contribution in [2.75, 3.05) is 5.75 Å². The van der Waals surface area contributed by atoms with Crippen LogP contribution in [-0.4, -0.2) is 16.8 Å². The van der Waals surface area contributed by atoms with E-state index < -0.39 is 5.54 Å². The monoisotopic (exact) mass is 352 g/mol. The second-order valence-electron chi connectivity index (χ2n) is 6.52. The fourth-order valence-electron chi connectivity index (χ4n) is 2.95. The van der Waals surface area contributed by atoms with Crippen molar-refractivity contribution in [2.45, 2.75) is 39.2 Å². The van der Waals surface area contributed by atoms with Gasteiger partial charge >= 0.3 is 0 Å². The minimum atomic E-state index is -0.990. The summed E-state index contributed by atoms with van der Waals surface area (Å²) in [5, 5.41) is 3.73. The zero-order valence-electron chi connectivity index (χ0n) is 15.0. The normalized spacial score (nSPS) is 15.8. The summed E-state index contributed by atoms with van der Waals surface area (Å²) in [4.78, 5) is 18.0. The lowest BCUT2D eigenvalue weighted by Gasteiger charge is -2.25. The van der Waals surface area contributed by atoms with Gasteiger partial charge < -0.3 is 5.32 Å². The van der Waals surface area contributed by atoms with E-state index in [1.54, 1.807) is 11.8 Å². The molecule has 3 nitrogen and oxygen atoms in total. The van der Waals surface area contributed by atoms with Gasteiger partial charge in [0.2, 0.25) is 0 Å². The molecular formula is C21H24N2OS. The van der Waals surface area contributed by atoms with Gasteiger partial charge in [0.25, 0.3) is 5.91 Å². The second-order valence-corrected chi connectivity index (χ2v) is 7.60. The van der Waals surface area contributed by atoms with Gasteiger partial charge in [0.05, 0.1) is 0 Å². The molecule has 1 N–H and O–H groups in total. The first-order valence-corrected chi connectivity index (χ1v) is 9.73. The fraction of sp³-hybridized carbons (Fsp3) is 0.333. The first-order chi connectivity index (χ1) is 12.1. The average Bonchev–Trinajstić information content (AvgIpc) is 2.94. The SMILES string of the molecule is CCCCSC1=NC(c2ccc(C)cc2)(c2ccc(C)cc2)C(=O)N1. The van der Waals surface area contributed by atoms with E-state index in [0.717, 1.165) is 34.9 Å². The number of hydrogen-bond donors (Lipinski definition) is 1. The van der Waals surface area contributed by atoms with E-state index in [1.165, 1.54) is 11.1 Å². The molecule has 0 unspecified atom stereocenters. The highest BCUT2D eigenvalue weighted by Crippen LogP contribution is 2.38. The van der Waals surface area contributed by atoms with Crippen molar-refractivity contribution < 1.29 is 4.79 Å². The van der Waals surface area contributed by atoms with Crippen LogP contribution in [0.25, 0.3) is 0 Å². The Balaban J connectivity index is 2.07. The number of unbranched alkanes of at least 4 members (excludes halogenated alkanes) is 1. The maximum Gasteiger partial charge on any atom is 0.263 e. The third-order valence-corrected chi connectivity index (χ3v) is 5.45. The highest BCUT2D eigenvalue weighted by Gasteiger charge is 2.46. The molecule has 2 aromatic carbocycles. The summed E-state index contributed by atoms with van der Waals surface area (Å²) >= 11 is 1.63. The van der Waals surface area contributed by atoms with Crippen LogP contribution in [0.15, 0.2) is 53.5 Å². The molecule has 3 rings (SSSR count). The number of rotatable bonds is 5. The molecule has 0 spiro atoms. The van der Waals surface area contributed by atoms with Crippen molar-refractivity contribution >= 4 is 22.8 Å². The van der Waals surface area contributed by atoms with Gasteiger partial charge in [0, 0.05) is 5.75 Å². The third-order valence-electron chi connectivity index (χ3n) is 4.49. The van der Waals surface area contributed by atoms with Crippen molar-refractivity contribution in [3.05, 3.63) is 70.8 Å². The van der Waals surface area contributed by atoms with E-state index in [2.05, 4.69) is 12.2 Å². The maximum atomic E-state index is 13.1. The molecule has 0 fully saturated rings. The van der Waals surface area contributed by atoms with Gasteiger partial charge in [-0.05, 0) is 31.4 Å². The molecule has 2 aromatic rings. The molecule has 0 atom stereocenters. The van der Waals surface area contributed by atoms with E-state index >= 15 is 0 Å². The summed E-state index contributed by atoms with van der Waals surface area (Å²) in [6.45, 7) is 6.26. The quantitative estimate of drug-likeness (QED) is 0.801. The highest BCUT2D eigenvalue weighted by molar-refractivity contribution is 8.13. The lowest BCUT2D eigenvalue weighted by Crippen LogP contribution is -2.38. The van der Waals surface area contributed by atoms with Gasteiger partial charge in [0.15, 0.2) is 10.7 Å². The standard InChI is InChI=1S/C21H24N2OS/c1-4-5-14-25-20-22-19(24)21(23-20,17-10-6-15(2)7-11-17)18-12-8-16(3)9-13-18/h6-13H,4-5,14H2,1-3H3,(H,22,23,24). The number of carbonyl (C=O) groups is 1. The molecular weight excluding hydrogens is 328 g/mol. The third kappa shape index (κ3) is 3.49. The molecule has 1 heterocycles. The van der Waals surface area contributed by atoms with Gasteiger partial charge in [-0.25, -0.2) is 4.99 Å². The number of carbonyl (C=O) groups excluding carboxylic acids is 1. The number of benzene rings is 2. The van der Waals surface area contributed by atoms with E-state index in [9.17, 15) is 4.79 Å². The van der Waals surface area contributed by atoms with Gasteiger partial charge in [-0.2, -0.15) is 0 Å². The Bertz CT molecular complexity index is 733. The number of thioether (sulfide) groups is 1. The minimum Gasteiger partial charge on any atom is -0.303 e. The summed E-state index contributed by atoms with van der Waals surface area (Å²) < 4.78 is 0. The number of aryl methyl sites for hydroxylation is 2. The van der Waals surface area contributed by atoms with Crippen molar-refractivity contribution in [3.63, 3.8) is 0 Å². The van der Waals surface area contributed by atoms with Crippen LogP contribution >= 0.6 is 11.8 Å². The van der Waals surface area contributed by atoms with Crippen LogP contribution in [0, 0.1) is 13.8 Å².